The Kier molecular flexibility index (Phi) is 16.0. The molecule has 1 unspecified atom stereocenters. The average Bonchev–Trinajstić information content (AvgIpc) is 2.50. The number of hydrogen-bond donors (Lipinski definition) is 1. The summed E-state index contributed by atoms with van der Waals surface area (Å²) in [6, 6.07) is 0. The fourth-order valence-corrected chi connectivity index (χ4v) is 2.95. The lowest BCUT2D eigenvalue weighted by Gasteiger charge is -2.09. The third-order valence-corrected chi connectivity index (χ3v) is 4.46. The standard InChI is InChI=1S/C20H38O2/c1-3-5-6-7-8-9-10-11-12-13-14-15-16-18-19(17-4-2)20(21)22/h4,19H,2-3,5-18H2,1H3,(H,21,22). The second-order valence-corrected chi connectivity index (χ2v) is 6.59. The van der Waals surface area contributed by atoms with Crippen LogP contribution in [0.1, 0.15) is 103 Å². The second-order valence-electron chi connectivity index (χ2n) is 6.59. The predicted molar refractivity (Wildman–Crippen MR) is 96.3 cm³/mol. The third kappa shape index (κ3) is 14.2. The van der Waals surface area contributed by atoms with E-state index in [0.29, 0.717) is 6.42 Å². The van der Waals surface area contributed by atoms with Crippen molar-refractivity contribution < 1.29 is 9.90 Å². The first-order valence-electron chi connectivity index (χ1n) is 9.56. The van der Waals surface area contributed by atoms with E-state index < -0.39 is 5.97 Å². The molecule has 0 radical (unpaired) electrons. The lowest BCUT2D eigenvalue weighted by molar-refractivity contribution is -0.141. The molecule has 0 aromatic heterocycles. The molecule has 0 saturated carbocycles. The first-order valence-corrected chi connectivity index (χ1v) is 9.56. The van der Waals surface area contributed by atoms with Gasteiger partial charge in [-0.2, -0.15) is 0 Å². The maximum atomic E-state index is 11.0. The molecule has 0 aliphatic rings. The highest BCUT2D eigenvalue weighted by Crippen LogP contribution is 2.17. The molecular formula is C20H38O2. The molecule has 1 atom stereocenters. The molecule has 0 aromatic rings. The normalized spacial score (nSPS) is 12.2. The molecule has 0 saturated heterocycles. The van der Waals surface area contributed by atoms with Gasteiger partial charge in [0, 0.05) is 0 Å². The molecule has 22 heavy (non-hydrogen) atoms. The highest BCUT2D eigenvalue weighted by Gasteiger charge is 2.14. The third-order valence-electron chi connectivity index (χ3n) is 4.46. The summed E-state index contributed by atoms with van der Waals surface area (Å²) in [4.78, 5) is 11.0. The number of allylic oxidation sites excluding steroid dienone is 1. The average molecular weight is 311 g/mol. The number of rotatable bonds is 17. The summed E-state index contributed by atoms with van der Waals surface area (Å²) in [6.07, 6.45) is 20.4. The molecule has 0 rings (SSSR count). The van der Waals surface area contributed by atoms with Crippen LogP contribution in [0.25, 0.3) is 0 Å². The van der Waals surface area contributed by atoms with Gasteiger partial charge in [0.25, 0.3) is 0 Å². The van der Waals surface area contributed by atoms with Crippen LogP contribution in [0.5, 0.6) is 0 Å². The zero-order chi connectivity index (χ0) is 16.5. The molecule has 0 amide bonds. The lowest BCUT2D eigenvalue weighted by Crippen LogP contribution is -2.12. The summed E-state index contributed by atoms with van der Waals surface area (Å²) in [5, 5.41) is 9.05. The van der Waals surface area contributed by atoms with Gasteiger partial charge in [-0.3, -0.25) is 4.79 Å². The van der Waals surface area contributed by atoms with E-state index in [9.17, 15) is 4.79 Å². The van der Waals surface area contributed by atoms with E-state index in [1.165, 1.54) is 77.0 Å². The lowest BCUT2D eigenvalue weighted by atomic mass is 9.97. The van der Waals surface area contributed by atoms with Crippen molar-refractivity contribution in [1.82, 2.24) is 0 Å². The van der Waals surface area contributed by atoms with Crippen LogP contribution < -0.4 is 0 Å². The first kappa shape index (κ1) is 21.2. The van der Waals surface area contributed by atoms with E-state index in [-0.39, 0.29) is 5.92 Å². The molecule has 0 aromatic carbocycles. The van der Waals surface area contributed by atoms with Gasteiger partial charge in [-0.05, 0) is 12.8 Å². The Morgan fingerprint density at radius 3 is 1.64 bits per heavy atom. The Bertz CT molecular complexity index is 260. The van der Waals surface area contributed by atoms with Crippen LogP contribution in [-0.2, 0) is 4.79 Å². The Balaban J connectivity index is 3.23. The van der Waals surface area contributed by atoms with Gasteiger partial charge in [0.15, 0.2) is 0 Å². The molecular weight excluding hydrogens is 272 g/mol. The topological polar surface area (TPSA) is 37.3 Å². The van der Waals surface area contributed by atoms with Crippen LogP contribution in [0.3, 0.4) is 0 Å². The molecule has 0 bridgehead atoms. The molecule has 0 aliphatic heterocycles. The van der Waals surface area contributed by atoms with Crippen molar-refractivity contribution in [2.24, 2.45) is 5.92 Å². The van der Waals surface area contributed by atoms with Gasteiger partial charge in [-0.25, -0.2) is 0 Å². The van der Waals surface area contributed by atoms with E-state index >= 15 is 0 Å². The quantitative estimate of drug-likeness (QED) is 0.238. The summed E-state index contributed by atoms with van der Waals surface area (Å²) in [5.41, 5.74) is 0. The van der Waals surface area contributed by atoms with E-state index in [2.05, 4.69) is 13.5 Å². The monoisotopic (exact) mass is 310 g/mol. The zero-order valence-corrected chi connectivity index (χ0v) is 14.8. The van der Waals surface area contributed by atoms with Gasteiger partial charge < -0.3 is 5.11 Å². The van der Waals surface area contributed by atoms with Crippen molar-refractivity contribution >= 4 is 5.97 Å². The maximum Gasteiger partial charge on any atom is 0.306 e. The fourth-order valence-electron chi connectivity index (χ4n) is 2.95. The number of aliphatic carboxylic acids is 1. The van der Waals surface area contributed by atoms with Gasteiger partial charge in [0.2, 0.25) is 0 Å². The summed E-state index contributed by atoms with van der Waals surface area (Å²) in [5.74, 6) is -0.885. The highest BCUT2D eigenvalue weighted by atomic mass is 16.4. The van der Waals surface area contributed by atoms with Crippen LogP contribution in [-0.4, -0.2) is 11.1 Å². The number of carbonyl (C=O) groups is 1. The van der Waals surface area contributed by atoms with Crippen molar-refractivity contribution in [3.05, 3.63) is 12.7 Å². The van der Waals surface area contributed by atoms with Crippen LogP contribution in [0.4, 0.5) is 0 Å². The minimum Gasteiger partial charge on any atom is -0.481 e. The number of carboxylic acids is 1. The van der Waals surface area contributed by atoms with E-state index in [1.807, 2.05) is 0 Å². The summed E-state index contributed by atoms with van der Waals surface area (Å²) < 4.78 is 0. The van der Waals surface area contributed by atoms with Crippen molar-refractivity contribution in [3.63, 3.8) is 0 Å². The Labute approximate surface area is 138 Å². The summed E-state index contributed by atoms with van der Waals surface area (Å²) >= 11 is 0. The first-order chi connectivity index (χ1) is 10.7. The second kappa shape index (κ2) is 16.6. The molecule has 0 heterocycles. The number of unbranched alkanes of at least 4 members (excludes halogenated alkanes) is 12. The van der Waals surface area contributed by atoms with E-state index in [1.54, 1.807) is 6.08 Å². The van der Waals surface area contributed by atoms with Gasteiger partial charge in [-0.15, -0.1) is 6.58 Å². The highest BCUT2D eigenvalue weighted by molar-refractivity contribution is 5.70. The van der Waals surface area contributed by atoms with E-state index in [4.69, 9.17) is 5.11 Å². The molecule has 0 fully saturated rings. The van der Waals surface area contributed by atoms with Crippen molar-refractivity contribution in [3.8, 4) is 0 Å². The van der Waals surface area contributed by atoms with Crippen LogP contribution >= 0.6 is 0 Å². The minimum absolute atomic E-state index is 0.217. The molecule has 0 aliphatic carbocycles. The SMILES string of the molecule is C=CCC(CCCCCCCCCCCCCCC)C(=O)O. The van der Waals surface area contributed by atoms with Crippen molar-refractivity contribution in [2.45, 2.75) is 103 Å². The van der Waals surface area contributed by atoms with Crippen LogP contribution in [0, 0.1) is 5.92 Å². The van der Waals surface area contributed by atoms with Gasteiger partial charge >= 0.3 is 5.97 Å². The molecule has 130 valence electrons. The minimum atomic E-state index is -0.668. The van der Waals surface area contributed by atoms with Crippen LogP contribution in [0.15, 0.2) is 12.7 Å². The van der Waals surface area contributed by atoms with Crippen molar-refractivity contribution in [1.29, 1.82) is 0 Å². The van der Waals surface area contributed by atoms with Gasteiger partial charge in [0.1, 0.15) is 0 Å². The zero-order valence-electron chi connectivity index (χ0n) is 14.8. The number of carboxylic acid groups (broad SMARTS) is 1. The van der Waals surface area contributed by atoms with Crippen LogP contribution in [0.2, 0.25) is 0 Å². The molecule has 1 N–H and O–H groups in total. The van der Waals surface area contributed by atoms with E-state index in [0.717, 1.165) is 12.8 Å². The Morgan fingerprint density at radius 1 is 0.864 bits per heavy atom. The molecule has 2 heteroatoms. The van der Waals surface area contributed by atoms with Gasteiger partial charge in [-0.1, -0.05) is 96.5 Å². The fraction of sp³-hybridized carbons (Fsp3) is 0.850. The smallest absolute Gasteiger partial charge is 0.306 e. The predicted octanol–water partition coefficient (Wildman–Crippen LogP) is 6.74. The maximum absolute atomic E-state index is 11.0. The van der Waals surface area contributed by atoms with Crippen molar-refractivity contribution in [2.75, 3.05) is 0 Å². The number of hydrogen-bond acceptors (Lipinski definition) is 1. The Hall–Kier alpha value is -0.790. The molecule has 2 nitrogen and oxygen atoms in total. The summed E-state index contributed by atoms with van der Waals surface area (Å²) in [6.45, 7) is 5.90. The molecule has 0 spiro atoms. The van der Waals surface area contributed by atoms with Gasteiger partial charge in [0.05, 0.1) is 5.92 Å². The largest absolute Gasteiger partial charge is 0.481 e. The Morgan fingerprint density at radius 2 is 1.27 bits per heavy atom. The summed E-state index contributed by atoms with van der Waals surface area (Å²) in [7, 11) is 0.